The van der Waals surface area contributed by atoms with Gasteiger partial charge in [0.15, 0.2) is 0 Å². The molecule has 0 bridgehead atoms. The molecule has 194 valence electrons. The predicted molar refractivity (Wildman–Crippen MR) is 151 cm³/mol. The van der Waals surface area contributed by atoms with E-state index in [9.17, 15) is 14.4 Å². The number of fused-ring (bicyclic) bond motifs is 5. The standard InChI is InChI=1S/C30H29ClN4O3/c1-34-24-14-18(8-4-5-11-35-12-6-7-13-35)23(32-17-36)15-21(24)26-25(34)16-20(19-9-2-3-10-22(19)31)27-28(26)30(38)33-29(27)37/h2-3,9-10,14-17H,4-8,11-13H2,1H3,(H,32,36)(H,33,37,38). The van der Waals surface area contributed by atoms with Gasteiger partial charge in [-0.2, -0.15) is 0 Å². The highest BCUT2D eigenvalue weighted by molar-refractivity contribution is 6.36. The molecule has 2 aliphatic rings. The van der Waals surface area contributed by atoms with E-state index in [0.717, 1.165) is 53.5 Å². The fourth-order valence-corrected chi connectivity index (χ4v) is 6.33. The molecule has 0 saturated carbocycles. The van der Waals surface area contributed by atoms with Gasteiger partial charge in [0, 0.05) is 39.6 Å². The van der Waals surface area contributed by atoms with Gasteiger partial charge in [0.05, 0.1) is 16.6 Å². The Morgan fingerprint density at radius 1 is 0.974 bits per heavy atom. The first-order valence-corrected chi connectivity index (χ1v) is 13.5. The van der Waals surface area contributed by atoms with Crippen molar-refractivity contribution in [3.8, 4) is 11.1 Å². The SMILES string of the molecule is Cn1c2cc(CCCCN3CCCC3)c(NC=O)cc2c2c3c(c(-c4ccccc4Cl)cc21)C(=O)NC3=O. The first kappa shape index (κ1) is 24.6. The molecule has 2 aliphatic heterocycles. The summed E-state index contributed by atoms with van der Waals surface area (Å²) >= 11 is 6.52. The van der Waals surface area contributed by atoms with Crippen LogP contribution < -0.4 is 10.6 Å². The smallest absolute Gasteiger partial charge is 0.259 e. The van der Waals surface area contributed by atoms with E-state index in [1.54, 1.807) is 6.07 Å². The van der Waals surface area contributed by atoms with Crippen molar-refractivity contribution in [2.45, 2.75) is 32.1 Å². The number of halogens is 1. The van der Waals surface area contributed by atoms with Crippen LogP contribution in [-0.2, 0) is 18.3 Å². The van der Waals surface area contributed by atoms with Gasteiger partial charge in [-0.1, -0.05) is 29.8 Å². The lowest BCUT2D eigenvalue weighted by atomic mass is 9.92. The van der Waals surface area contributed by atoms with Crippen LogP contribution in [0.25, 0.3) is 32.9 Å². The van der Waals surface area contributed by atoms with Crippen LogP contribution in [0.3, 0.4) is 0 Å². The fraction of sp³-hybridized carbons (Fsp3) is 0.300. The second-order valence-electron chi connectivity index (χ2n) is 10.2. The second kappa shape index (κ2) is 9.89. The summed E-state index contributed by atoms with van der Waals surface area (Å²) in [5.41, 5.74) is 5.56. The molecule has 0 radical (unpaired) electrons. The zero-order valence-corrected chi connectivity index (χ0v) is 22.0. The van der Waals surface area contributed by atoms with Gasteiger partial charge in [-0.05, 0) is 87.1 Å². The third-order valence-corrected chi connectivity index (χ3v) is 8.28. The summed E-state index contributed by atoms with van der Waals surface area (Å²) in [5, 5.41) is 7.38. The Morgan fingerprint density at radius 2 is 1.74 bits per heavy atom. The van der Waals surface area contributed by atoms with Crippen molar-refractivity contribution < 1.29 is 14.4 Å². The summed E-state index contributed by atoms with van der Waals surface area (Å²) in [7, 11) is 1.96. The van der Waals surface area contributed by atoms with Gasteiger partial charge < -0.3 is 14.8 Å². The number of hydrogen-bond donors (Lipinski definition) is 2. The molecule has 3 heterocycles. The van der Waals surface area contributed by atoms with Gasteiger partial charge in [0.1, 0.15) is 0 Å². The summed E-state index contributed by atoms with van der Waals surface area (Å²) in [6.45, 7) is 3.49. The van der Waals surface area contributed by atoms with E-state index >= 15 is 0 Å². The number of nitrogens with zero attached hydrogens (tertiary/aromatic N) is 2. The number of aryl methyl sites for hydroxylation is 2. The number of carbonyl (C=O) groups excluding carboxylic acids is 3. The van der Waals surface area contributed by atoms with Gasteiger partial charge in [0.25, 0.3) is 11.8 Å². The van der Waals surface area contributed by atoms with Crippen LogP contribution in [0.15, 0.2) is 42.5 Å². The van der Waals surface area contributed by atoms with Crippen LogP contribution in [0.1, 0.15) is 52.0 Å². The highest BCUT2D eigenvalue weighted by Gasteiger charge is 2.34. The molecule has 3 aromatic carbocycles. The third kappa shape index (κ3) is 4.06. The molecule has 8 heteroatoms. The molecule has 0 atom stereocenters. The summed E-state index contributed by atoms with van der Waals surface area (Å²) in [5.74, 6) is -0.855. The highest BCUT2D eigenvalue weighted by Crippen LogP contribution is 2.42. The van der Waals surface area contributed by atoms with Crippen LogP contribution in [0, 0.1) is 0 Å². The van der Waals surface area contributed by atoms with E-state index in [-0.39, 0.29) is 0 Å². The van der Waals surface area contributed by atoms with E-state index in [2.05, 4.69) is 26.2 Å². The molecule has 0 unspecified atom stereocenters. The summed E-state index contributed by atoms with van der Waals surface area (Å²) < 4.78 is 2.06. The molecule has 1 fully saturated rings. The topological polar surface area (TPSA) is 83.4 Å². The lowest BCUT2D eigenvalue weighted by Gasteiger charge is -2.15. The number of aromatic nitrogens is 1. The Morgan fingerprint density at radius 3 is 2.50 bits per heavy atom. The van der Waals surface area contributed by atoms with Crippen LogP contribution >= 0.6 is 11.6 Å². The highest BCUT2D eigenvalue weighted by atomic mass is 35.5. The zero-order valence-electron chi connectivity index (χ0n) is 21.3. The number of hydrogen-bond acceptors (Lipinski definition) is 4. The quantitative estimate of drug-likeness (QED) is 0.179. The maximum Gasteiger partial charge on any atom is 0.259 e. The molecule has 6 rings (SSSR count). The van der Waals surface area contributed by atoms with Crippen LogP contribution in [0.4, 0.5) is 5.69 Å². The number of likely N-dealkylation sites (tertiary alicyclic amines) is 1. The number of amides is 3. The van der Waals surface area contributed by atoms with Gasteiger partial charge in [-0.15, -0.1) is 0 Å². The molecule has 38 heavy (non-hydrogen) atoms. The number of rotatable bonds is 8. The van der Waals surface area contributed by atoms with Crippen LogP contribution in [0.5, 0.6) is 0 Å². The summed E-state index contributed by atoms with van der Waals surface area (Å²) in [6, 6.07) is 13.3. The maximum absolute atomic E-state index is 13.1. The van der Waals surface area contributed by atoms with Crippen molar-refractivity contribution in [1.82, 2.24) is 14.8 Å². The van der Waals surface area contributed by atoms with Crippen molar-refractivity contribution >= 4 is 57.3 Å². The number of benzene rings is 3. The molecule has 3 amide bonds. The molecule has 4 aromatic rings. The largest absolute Gasteiger partial charge is 0.344 e. The van der Waals surface area contributed by atoms with Gasteiger partial charge in [0.2, 0.25) is 6.41 Å². The monoisotopic (exact) mass is 528 g/mol. The number of imide groups is 1. The van der Waals surface area contributed by atoms with E-state index in [4.69, 9.17) is 11.6 Å². The minimum absolute atomic E-state index is 0.332. The van der Waals surface area contributed by atoms with E-state index in [1.165, 1.54) is 25.9 Å². The summed E-state index contributed by atoms with van der Waals surface area (Å²) in [6.07, 6.45) is 6.22. The lowest BCUT2D eigenvalue weighted by molar-refractivity contribution is -0.105. The minimum Gasteiger partial charge on any atom is -0.344 e. The van der Waals surface area contributed by atoms with Crippen molar-refractivity contribution in [1.29, 1.82) is 0 Å². The van der Waals surface area contributed by atoms with E-state index in [1.807, 2.05) is 37.4 Å². The van der Waals surface area contributed by atoms with Crippen molar-refractivity contribution in [3.05, 3.63) is 64.2 Å². The molecular formula is C30H29ClN4O3. The Bertz CT molecular complexity index is 1620. The van der Waals surface area contributed by atoms with Crippen molar-refractivity contribution in [3.63, 3.8) is 0 Å². The maximum atomic E-state index is 13.1. The van der Waals surface area contributed by atoms with E-state index < -0.39 is 11.8 Å². The van der Waals surface area contributed by atoms with Crippen molar-refractivity contribution in [2.75, 3.05) is 25.0 Å². The van der Waals surface area contributed by atoms with Gasteiger partial charge in [-0.3, -0.25) is 19.7 Å². The molecule has 1 saturated heterocycles. The minimum atomic E-state index is -0.431. The molecule has 1 aromatic heterocycles. The lowest BCUT2D eigenvalue weighted by Crippen LogP contribution is -2.20. The molecule has 0 spiro atoms. The first-order chi connectivity index (χ1) is 18.5. The Balaban J connectivity index is 1.50. The predicted octanol–water partition coefficient (Wildman–Crippen LogP) is 5.52. The Labute approximate surface area is 225 Å². The molecular weight excluding hydrogens is 500 g/mol. The Kier molecular flexibility index (Phi) is 6.41. The average molecular weight is 529 g/mol. The number of unbranched alkanes of at least 4 members (excludes halogenated alkanes) is 1. The number of anilines is 1. The number of nitrogens with one attached hydrogen (secondary N) is 2. The van der Waals surface area contributed by atoms with Crippen LogP contribution in [-0.4, -0.2) is 47.3 Å². The second-order valence-corrected chi connectivity index (χ2v) is 10.6. The number of carbonyl (C=O) groups is 3. The van der Waals surface area contributed by atoms with Gasteiger partial charge >= 0.3 is 0 Å². The van der Waals surface area contributed by atoms with E-state index in [0.29, 0.717) is 39.1 Å². The fourth-order valence-electron chi connectivity index (χ4n) is 6.09. The normalized spacial score (nSPS) is 15.4. The Hall–Kier alpha value is -3.68. The average Bonchev–Trinajstić information content (AvgIpc) is 3.60. The molecule has 0 aliphatic carbocycles. The molecule has 7 nitrogen and oxygen atoms in total. The van der Waals surface area contributed by atoms with Crippen LogP contribution in [0.2, 0.25) is 5.02 Å². The van der Waals surface area contributed by atoms with Gasteiger partial charge in [-0.25, -0.2) is 0 Å². The third-order valence-electron chi connectivity index (χ3n) is 7.95. The summed E-state index contributed by atoms with van der Waals surface area (Å²) in [4.78, 5) is 40.1. The zero-order chi connectivity index (χ0) is 26.4. The molecule has 2 N–H and O–H groups in total. The first-order valence-electron chi connectivity index (χ1n) is 13.1. The van der Waals surface area contributed by atoms with Crippen molar-refractivity contribution in [2.24, 2.45) is 7.05 Å².